The summed E-state index contributed by atoms with van der Waals surface area (Å²) in [5, 5.41) is 6.99. The Balaban J connectivity index is 2.22. The number of thioether (sulfide) groups is 1. The van der Waals surface area contributed by atoms with Gasteiger partial charge in [-0.25, -0.2) is 0 Å². The van der Waals surface area contributed by atoms with Gasteiger partial charge in [-0.3, -0.25) is 4.79 Å². The quantitative estimate of drug-likeness (QED) is 0.766. The number of nitrogens with one attached hydrogen (secondary N) is 2. The third kappa shape index (κ3) is 5.30. The van der Waals surface area contributed by atoms with Crippen LogP contribution in [0.3, 0.4) is 0 Å². The zero-order chi connectivity index (χ0) is 12.7. The van der Waals surface area contributed by atoms with Gasteiger partial charge < -0.3 is 10.6 Å². The molecule has 1 amide bonds. The average molecular weight is 258 g/mol. The molecule has 1 heterocycles. The number of amides is 1. The fraction of sp³-hybridized carbons (Fsp3) is 0.923. The molecule has 1 rings (SSSR count). The molecule has 1 aliphatic heterocycles. The van der Waals surface area contributed by atoms with Crippen molar-refractivity contribution < 1.29 is 4.79 Å². The molecule has 3 atom stereocenters. The van der Waals surface area contributed by atoms with Crippen LogP contribution in [0.4, 0.5) is 0 Å². The molecule has 3 unspecified atom stereocenters. The number of hydrogen-bond acceptors (Lipinski definition) is 3. The summed E-state index contributed by atoms with van der Waals surface area (Å²) < 4.78 is 0. The summed E-state index contributed by atoms with van der Waals surface area (Å²) in [5.74, 6) is 0.911. The molecule has 0 aromatic carbocycles. The van der Waals surface area contributed by atoms with E-state index in [0.29, 0.717) is 5.25 Å². The molecule has 2 N–H and O–H groups in total. The molecule has 0 radical (unpaired) electrons. The molecule has 0 aromatic heterocycles. The van der Waals surface area contributed by atoms with E-state index in [1.54, 1.807) is 0 Å². The molecular formula is C13H26N2OS. The summed E-state index contributed by atoms with van der Waals surface area (Å²) in [6, 6.07) is 0.0401. The van der Waals surface area contributed by atoms with Gasteiger partial charge in [0.05, 0.1) is 6.04 Å². The van der Waals surface area contributed by atoms with Gasteiger partial charge in [-0.15, -0.1) is 0 Å². The molecule has 0 aromatic rings. The van der Waals surface area contributed by atoms with Gasteiger partial charge in [0, 0.05) is 11.8 Å². The summed E-state index contributed by atoms with van der Waals surface area (Å²) >= 11 is 1.85. The van der Waals surface area contributed by atoms with Gasteiger partial charge in [0.2, 0.25) is 5.91 Å². The second-order valence-electron chi connectivity index (χ2n) is 4.93. The van der Waals surface area contributed by atoms with Crippen LogP contribution in [-0.4, -0.2) is 36.5 Å². The van der Waals surface area contributed by atoms with Crippen molar-refractivity contribution in [1.29, 1.82) is 0 Å². The second kappa shape index (κ2) is 7.98. The predicted octanol–water partition coefficient (Wildman–Crippen LogP) is 2.02. The van der Waals surface area contributed by atoms with E-state index in [2.05, 4.69) is 30.7 Å². The molecule has 3 nitrogen and oxygen atoms in total. The molecule has 1 saturated heterocycles. The Morgan fingerprint density at radius 3 is 3.00 bits per heavy atom. The molecule has 0 aliphatic carbocycles. The van der Waals surface area contributed by atoms with Crippen molar-refractivity contribution in [3.05, 3.63) is 0 Å². The number of carbonyl (C=O) groups is 1. The molecule has 1 aliphatic rings. The highest BCUT2D eigenvalue weighted by Crippen LogP contribution is 2.19. The Morgan fingerprint density at radius 2 is 2.35 bits per heavy atom. The van der Waals surface area contributed by atoms with Crippen molar-refractivity contribution in [2.45, 2.75) is 50.8 Å². The normalized spacial score (nSPS) is 26.5. The SMILES string of the molecule is CCC1CCNC(C(=O)NCCC(C)SC)C1. The smallest absolute Gasteiger partial charge is 0.237 e. The minimum Gasteiger partial charge on any atom is -0.355 e. The van der Waals surface area contributed by atoms with Crippen molar-refractivity contribution in [3.8, 4) is 0 Å². The van der Waals surface area contributed by atoms with Gasteiger partial charge in [0.25, 0.3) is 0 Å². The maximum atomic E-state index is 11.9. The van der Waals surface area contributed by atoms with Gasteiger partial charge in [0.1, 0.15) is 0 Å². The first-order chi connectivity index (χ1) is 8.17. The van der Waals surface area contributed by atoms with E-state index in [1.807, 2.05) is 11.8 Å². The highest BCUT2D eigenvalue weighted by Gasteiger charge is 2.25. The molecule has 4 heteroatoms. The summed E-state index contributed by atoms with van der Waals surface area (Å²) in [6.07, 6.45) is 6.57. The zero-order valence-corrected chi connectivity index (χ0v) is 12.1. The second-order valence-corrected chi connectivity index (χ2v) is 6.21. The molecule has 0 spiro atoms. The van der Waals surface area contributed by atoms with E-state index >= 15 is 0 Å². The molecule has 17 heavy (non-hydrogen) atoms. The minimum absolute atomic E-state index is 0.0401. The van der Waals surface area contributed by atoms with E-state index < -0.39 is 0 Å². The summed E-state index contributed by atoms with van der Waals surface area (Å²) in [6.45, 7) is 6.20. The number of rotatable bonds is 6. The Morgan fingerprint density at radius 1 is 1.59 bits per heavy atom. The fourth-order valence-corrected chi connectivity index (χ4v) is 2.56. The topological polar surface area (TPSA) is 41.1 Å². The van der Waals surface area contributed by atoms with Crippen LogP contribution in [0, 0.1) is 5.92 Å². The third-order valence-electron chi connectivity index (χ3n) is 3.66. The fourth-order valence-electron chi connectivity index (χ4n) is 2.21. The van der Waals surface area contributed by atoms with Crippen molar-refractivity contribution >= 4 is 17.7 Å². The van der Waals surface area contributed by atoms with Crippen LogP contribution in [0.1, 0.15) is 39.5 Å². The van der Waals surface area contributed by atoms with Crippen LogP contribution < -0.4 is 10.6 Å². The van der Waals surface area contributed by atoms with E-state index in [0.717, 1.165) is 31.8 Å². The Bertz CT molecular complexity index is 235. The van der Waals surface area contributed by atoms with Gasteiger partial charge in [-0.05, 0) is 38.0 Å². The lowest BCUT2D eigenvalue weighted by atomic mass is 9.90. The number of piperidine rings is 1. The van der Waals surface area contributed by atoms with Crippen LogP contribution in [0.25, 0.3) is 0 Å². The molecule has 1 fully saturated rings. The standard InChI is InChI=1S/C13H26N2OS/c1-4-11-6-8-14-12(9-11)13(16)15-7-5-10(2)17-3/h10-12,14H,4-9H2,1-3H3,(H,15,16). The van der Waals surface area contributed by atoms with Crippen LogP contribution in [0.5, 0.6) is 0 Å². The van der Waals surface area contributed by atoms with E-state index in [1.165, 1.54) is 12.8 Å². The van der Waals surface area contributed by atoms with Gasteiger partial charge in [-0.1, -0.05) is 20.3 Å². The lowest BCUT2D eigenvalue weighted by molar-refractivity contribution is -0.124. The van der Waals surface area contributed by atoms with Crippen molar-refractivity contribution in [2.24, 2.45) is 5.92 Å². The van der Waals surface area contributed by atoms with Crippen molar-refractivity contribution in [2.75, 3.05) is 19.3 Å². The molecular weight excluding hydrogens is 232 g/mol. The maximum Gasteiger partial charge on any atom is 0.237 e. The minimum atomic E-state index is 0.0401. The average Bonchev–Trinajstić information content (AvgIpc) is 2.38. The molecule has 0 bridgehead atoms. The van der Waals surface area contributed by atoms with Crippen LogP contribution in [0.15, 0.2) is 0 Å². The third-order valence-corrected chi connectivity index (χ3v) is 4.70. The van der Waals surface area contributed by atoms with Crippen molar-refractivity contribution in [1.82, 2.24) is 10.6 Å². The van der Waals surface area contributed by atoms with Crippen LogP contribution >= 0.6 is 11.8 Å². The first kappa shape index (κ1) is 14.8. The summed E-state index contributed by atoms with van der Waals surface area (Å²) in [4.78, 5) is 11.9. The monoisotopic (exact) mass is 258 g/mol. The Kier molecular flexibility index (Phi) is 6.97. The Hall–Kier alpha value is -0.220. The van der Waals surface area contributed by atoms with E-state index in [9.17, 15) is 4.79 Å². The lowest BCUT2D eigenvalue weighted by Crippen LogP contribution is -2.49. The van der Waals surface area contributed by atoms with Gasteiger partial charge >= 0.3 is 0 Å². The van der Waals surface area contributed by atoms with Crippen LogP contribution in [-0.2, 0) is 4.79 Å². The largest absolute Gasteiger partial charge is 0.355 e. The van der Waals surface area contributed by atoms with Gasteiger partial charge in [-0.2, -0.15) is 11.8 Å². The zero-order valence-electron chi connectivity index (χ0n) is 11.3. The number of carbonyl (C=O) groups excluding carboxylic acids is 1. The summed E-state index contributed by atoms with van der Waals surface area (Å²) in [5.41, 5.74) is 0. The molecule has 0 saturated carbocycles. The summed E-state index contributed by atoms with van der Waals surface area (Å²) in [7, 11) is 0. The highest BCUT2D eigenvalue weighted by molar-refractivity contribution is 7.99. The highest BCUT2D eigenvalue weighted by atomic mass is 32.2. The molecule has 100 valence electrons. The van der Waals surface area contributed by atoms with E-state index in [-0.39, 0.29) is 11.9 Å². The van der Waals surface area contributed by atoms with Crippen molar-refractivity contribution in [3.63, 3.8) is 0 Å². The first-order valence-electron chi connectivity index (χ1n) is 6.71. The van der Waals surface area contributed by atoms with E-state index in [4.69, 9.17) is 0 Å². The lowest BCUT2D eigenvalue weighted by Gasteiger charge is -2.28. The van der Waals surface area contributed by atoms with Gasteiger partial charge in [0.15, 0.2) is 0 Å². The Labute approximate surface area is 109 Å². The first-order valence-corrected chi connectivity index (χ1v) is 8.00. The van der Waals surface area contributed by atoms with Crippen LogP contribution in [0.2, 0.25) is 0 Å². The number of hydrogen-bond donors (Lipinski definition) is 2. The predicted molar refractivity (Wildman–Crippen MR) is 75.4 cm³/mol. The maximum absolute atomic E-state index is 11.9.